The number of nitrogens with zero attached hydrogens (tertiary/aromatic N) is 1. The van der Waals surface area contributed by atoms with Crippen LogP contribution in [0.15, 0.2) is 22.6 Å². The van der Waals surface area contributed by atoms with Gasteiger partial charge in [0.25, 0.3) is 10.0 Å². The van der Waals surface area contributed by atoms with Crippen molar-refractivity contribution < 1.29 is 26.7 Å². The van der Waals surface area contributed by atoms with E-state index in [0.717, 1.165) is 6.07 Å². The second-order valence-electron chi connectivity index (χ2n) is 3.91. The van der Waals surface area contributed by atoms with Gasteiger partial charge in [-0.15, -0.1) is 8.78 Å². The molecule has 1 heterocycles. The van der Waals surface area contributed by atoms with E-state index in [0.29, 0.717) is 0 Å². The summed E-state index contributed by atoms with van der Waals surface area (Å²) in [6.07, 6.45) is -3.73. The molecule has 2 rings (SSSR count). The minimum absolute atomic E-state index is 0.104. The molecule has 0 atom stereocenters. The SMILES string of the molecule is CC(N)=NS(=O)(=O)Cc1ccc2c(c1)OC(F)(F)O2. The molecule has 1 aromatic carbocycles. The molecule has 0 amide bonds. The van der Waals surface area contributed by atoms with Crippen LogP contribution in [0.1, 0.15) is 12.5 Å². The van der Waals surface area contributed by atoms with Gasteiger partial charge in [0, 0.05) is 0 Å². The van der Waals surface area contributed by atoms with E-state index in [1.807, 2.05) is 0 Å². The summed E-state index contributed by atoms with van der Waals surface area (Å²) in [6, 6.07) is 3.71. The van der Waals surface area contributed by atoms with Crippen molar-refractivity contribution in [2.24, 2.45) is 10.1 Å². The maximum atomic E-state index is 12.8. The van der Waals surface area contributed by atoms with Crippen LogP contribution in [-0.2, 0) is 15.8 Å². The maximum absolute atomic E-state index is 12.8. The topological polar surface area (TPSA) is 91.0 Å². The Morgan fingerprint density at radius 3 is 2.63 bits per heavy atom. The molecule has 6 nitrogen and oxygen atoms in total. The van der Waals surface area contributed by atoms with Gasteiger partial charge < -0.3 is 15.2 Å². The highest BCUT2D eigenvalue weighted by molar-refractivity contribution is 7.89. The Morgan fingerprint density at radius 2 is 2.00 bits per heavy atom. The van der Waals surface area contributed by atoms with Crippen molar-refractivity contribution in [3.8, 4) is 11.5 Å². The molecule has 1 aliphatic heterocycles. The highest BCUT2D eigenvalue weighted by Gasteiger charge is 2.43. The number of fused-ring (bicyclic) bond motifs is 1. The number of halogens is 2. The van der Waals surface area contributed by atoms with E-state index in [2.05, 4.69) is 13.9 Å². The lowest BCUT2D eigenvalue weighted by atomic mass is 10.2. The number of amidine groups is 1. The average molecular weight is 292 g/mol. The van der Waals surface area contributed by atoms with Gasteiger partial charge in [-0.05, 0) is 24.6 Å². The van der Waals surface area contributed by atoms with Gasteiger partial charge in [0.15, 0.2) is 11.5 Å². The molecule has 0 fully saturated rings. The van der Waals surface area contributed by atoms with Gasteiger partial charge in [0.2, 0.25) is 0 Å². The van der Waals surface area contributed by atoms with Crippen LogP contribution < -0.4 is 15.2 Å². The fourth-order valence-corrected chi connectivity index (χ4v) is 2.65. The van der Waals surface area contributed by atoms with E-state index >= 15 is 0 Å². The van der Waals surface area contributed by atoms with Crippen LogP contribution in [0.4, 0.5) is 8.78 Å². The summed E-state index contributed by atoms with van der Waals surface area (Å²) in [5, 5.41) is 0. The fourth-order valence-electron chi connectivity index (χ4n) is 1.55. The van der Waals surface area contributed by atoms with Crippen molar-refractivity contribution in [2.75, 3.05) is 0 Å². The Labute approximate surface area is 107 Å². The third-order valence-electron chi connectivity index (χ3n) is 2.10. The Balaban J connectivity index is 2.24. The molecule has 0 saturated heterocycles. The highest BCUT2D eigenvalue weighted by atomic mass is 32.2. The van der Waals surface area contributed by atoms with E-state index in [4.69, 9.17) is 5.73 Å². The van der Waals surface area contributed by atoms with Gasteiger partial charge in [0.1, 0.15) is 5.84 Å². The van der Waals surface area contributed by atoms with Crippen LogP contribution in [0, 0.1) is 0 Å². The summed E-state index contributed by atoms with van der Waals surface area (Å²) in [5.41, 5.74) is 5.43. The Hall–Kier alpha value is -1.90. The zero-order chi connectivity index (χ0) is 14.3. The normalized spacial score (nSPS) is 17.5. The summed E-state index contributed by atoms with van der Waals surface area (Å²) in [7, 11) is -3.80. The summed E-state index contributed by atoms with van der Waals surface area (Å²) in [5.74, 6) is -0.938. The first-order valence-corrected chi connectivity index (χ1v) is 6.71. The van der Waals surface area contributed by atoms with Crippen molar-refractivity contribution >= 4 is 15.9 Å². The van der Waals surface area contributed by atoms with Gasteiger partial charge in [-0.1, -0.05) is 6.07 Å². The van der Waals surface area contributed by atoms with Crippen molar-refractivity contribution in [3.63, 3.8) is 0 Å². The number of hydrogen-bond donors (Lipinski definition) is 1. The molecule has 0 bridgehead atoms. The number of nitrogens with two attached hydrogens (primary N) is 1. The van der Waals surface area contributed by atoms with Gasteiger partial charge in [-0.25, -0.2) is 8.42 Å². The summed E-state index contributed by atoms with van der Waals surface area (Å²) >= 11 is 0. The lowest BCUT2D eigenvalue weighted by Gasteiger charge is -2.04. The van der Waals surface area contributed by atoms with E-state index < -0.39 is 22.1 Å². The monoisotopic (exact) mass is 292 g/mol. The van der Waals surface area contributed by atoms with Crippen LogP contribution >= 0.6 is 0 Å². The smallest absolute Gasteiger partial charge is 0.395 e. The number of benzene rings is 1. The second kappa shape index (κ2) is 4.34. The predicted octanol–water partition coefficient (Wildman–Crippen LogP) is 1.22. The highest BCUT2D eigenvalue weighted by Crippen LogP contribution is 2.41. The fraction of sp³-hybridized carbons (Fsp3) is 0.300. The molecular formula is C10H10F2N2O4S. The number of hydrogen-bond acceptors (Lipinski definition) is 4. The first-order chi connectivity index (χ1) is 8.67. The molecule has 1 aliphatic rings. The first kappa shape index (κ1) is 13.5. The molecule has 0 unspecified atom stereocenters. The third kappa shape index (κ3) is 3.31. The van der Waals surface area contributed by atoms with Gasteiger partial charge in [-0.3, -0.25) is 0 Å². The van der Waals surface area contributed by atoms with E-state index in [1.54, 1.807) is 0 Å². The Morgan fingerprint density at radius 1 is 1.37 bits per heavy atom. The molecule has 0 aliphatic carbocycles. The Bertz CT molecular complexity index is 639. The lowest BCUT2D eigenvalue weighted by Crippen LogP contribution is -2.25. The van der Waals surface area contributed by atoms with Crippen LogP contribution in [0.3, 0.4) is 0 Å². The second-order valence-corrected chi connectivity index (χ2v) is 5.54. The zero-order valence-corrected chi connectivity index (χ0v) is 10.6. The summed E-state index contributed by atoms with van der Waals surface area (Å²) < 4.78 is 60.3. The molecule has 0 spiro atoms. The minimum Gasteiger partial charge on any atom is -0.395 e. The molecule has 1 aromatic rings. The maximum Gasteiger partial charge on any atom is 0.586 e. The van der Waals surface area contributed by atoms with Crippen molar-refractivity contribution in [3.05, 3.63) is 23.8 Å². The number of rotatable bonds is 3. The summed E-state index contributed by atoms with van der Waals surface area (Å²) in [4.78, 5) is 0. The van der Waals surface area contributed by atoms with Crippen LogP contribution in [0.25, 0.3) is 0 Å². The van der Waals surface area contributed by atoms with Crippen molar-refractivity contribution in [1.82, 2.24) is 0 Å². The van der Waals surface area contributed by atoms with Crippen LogP contribution in [0.5, 0.6) is 11.5 Å². The van der Waals surface area contributed by atoms with E-state index in [-0.39, 0.29) is 22.9 Å². The third-order valence-corrected chi connectivity index (χ3v) is 3.36. The lowest BCUT2D eigenvalue weighted by molar-refractivity contribution is -0.286. The minimum atomic E-state index is -3.80. The molecule has 2 N–H and O–H groups in total. The van der Waals surface area contributed by atoms with Gasteiger partial charge in [0.05, 0.1) is 5.75 Å². The number of ether oxygens (including phenoxy) is 2. The van der Waals surface area contributed by atoms with E-state index in [1.165, 1.54) is 19.1 Å². The number of sulfonamides is 1. The predicted molar refractivity (Wildman–Crippen MR) is 62.6 cm³/mol. The molecule has 0 saturated carbocycles. The quantitative estimate of drug-likeness (QED) is 0.668. The average Bonchev–Trinajstić information content (AvgIpc) is 2.47. The molecule has 0 aromatic heterocycles. The zero-order valence-electron chi connectivity index (χ0n) is 9.76. The molecule has 0 radical (unpaired) electrons. The molecular weight excluding hydrogens is 282 g/mol. The Kier molecular flexibility index (Phi) is 3.09. The molecule has 9 heteroatoms. The van der Waals surface area contributed by atoms with Gasteiger partial charge >= 0.3 is 6.29 Å². The van der Waals surface area contributed by atoms with Crippen molar-refractivity contribution in [1.29, 1.82) is 0 Å². The summed E-state index contributed by atoms with van der Waals surface area (Å²) in [6.45, 7) is 1.33. The first-order valence-electron chi connectivity index (χ1n) is 5.10. The molecule has 19 heavy (non-hydrogen) atoms. The standard InChI is InChI=1S/C10H10F2N2O4S/c1-6(13)14-19(15,16)5-7-2-3-8-9(4-7)18-10(11,12)17-8/h2-4H,5H2,1H3,(H2,13,14). The van der Waals surface area contributed by atoms with Crippen molar-refractivity contribution in [2.45, 2.75) is 19.0 Å². The van der Waals surface area contributed by atoms with Gasteiger partial charge in [-0.2, -0.15) is 4.40 Å². The van der Waals surface area contributed by atoms with E-state index in [9.17, 15) is 17.2 Å². The van der Waals surface area contributed by atoms with Crippen LogP contribution in [0.2, 0.25) is 0 Å². The number of alkyl halides is 2. The largest absolute Gasteiger partial charge is 0.586 e. The molecule has 104 valence electrons. The van der Waals surface area contributed by atoms with Crippen LogP contribution in [-0.4, -0.2) is 20.5 Å².